The third-order valence-corrected chi connectivity index (χ3v) is 9.98. The molecule has 22 nitrogen and oxygen atoms in total. The van der Waals surface area contributed by atoms with Gasteiger partial charge in [0.1, 0.15) is 30.7 Å². The third-order valence-electron chi connectivity index (χ3n) is 9.98. The zero-order chi connectivity index (χ0) is 46.1. The maximum Gasteiger partial charge on any atom is 0.352 e. The molecule has 22 heteroatoms. The number of unbranched alkanes of at least 4 members (excludes halogenated alkanes) is 2. The first-order valence-corrected chi connectivity index (χ1v) is 20.9. The van der Waals surface area contributed by atoms with Crippen molar-refractivity contribution in [3.05, 3.63) is 12.2 Å². The highest BCUT2D eigenvalue weighted by atomic mass is 16.7. The van der Waals surface area contributed by atoms with Gasteiger partial charge in [0.15, 0.2) is 0 Å². The Labute approximate surface area is 359 Å². The lowest BCUT2D eigenvalue weighted by molar-refractivity contribution is -0.196. The molecule has 2 fully saturated rings. The number of rotatable bonds is 24. The Morgan fingerprint density at radius 1 is 0.677 bits per heavy atom. The smallest absolute Gasteiger partial charge is 0.347 e. The second kappa shape index (κ2) is 24.3. The molecule has 3 aliphatic rings. The summed E-state index contributed by atoms with van der Waals surface area (Å²) in [5, 5.41) is 15.4. The molecule has 4 atom stereocenters. The molecule has 0 spiro atoms. The number of nitrogens with one attached hydrogen (secondary N) is 6. The predicted octanol–water partition coefficient (Wildman–Crippen LogP) is -2.01. The lowest BCUT2D eigenvalue weighted by Crippen LogP contribution is -2.56. The first-order valence-electron chi connectivity index (χ1n) is 20.9. The van der Waals surface area contributed by atoms with E-state index < -0.39 is 90.5 Å². The van der Waals surface area contributed by atoms with E-state index >= 15 is 0 Å². The molecule has 3 aliphatic heterocycles. The van der Waals surface area contributed by atoms with E-state index in [9.17, 15) is 57.5 Å². The summed E-state index contributed by atoms with van der Waals surface area (Å²) in [6.45, 7) is 7.54. The van der Waals surface area contributed by atoms with E-state index in [1.807, 2.05) is 13.8 Å². The van der Waals surface area contributed by atoms with Gasteiger partial charge in [0.25, 0.3) is 23.6 Å². The van der Waals surface area contributed by atoms with E-state index in [1.165, 1.54) is 24.0 Å². The fourth-order valence-corrected chi connectivity index (χ4v) is 6.78. The van der Waals surface area contributed by atoms with Crippen molar-refractivity contribution >= 4 is 70.9 Å². The van der Waals surface area contributed by atoms with Crippen LogP contribution in [-0.2, 0) is 62.4 Å². The van der Waals surface area contributed by atoms with Crippen molar-refractivity contribution in [2.75, 3.05) is 32.7 Å². The molecule has 6 N–H and O–H groups in total. The number of imide groups is 2. The molecule has 2 saturated heterocycles. The van der Waals surface area contributed by atoms with Gasteiger partial charge in [-0.15, -0.1) is 5.06 Å². The highest BCUT2D eigenvalue weighted by molar-refractivity contribution is 6.12. The number of hydroxylamine groups is 2. The second-order valence-electron chi connectivity index (χ2n) is 16.1. The van der Waals surface area contributed by atoms with E-state index in [-0.39, 0.29) is 81.3 Å². The van der Waals surface area contributed by atoms with Crippen molar-refractivity contribution in [2.24, 2.45) is 11.8 Å². The topological polar surface area (TPSA) is 296 Å². The molecule has 0 radical (unpaired) electrons. The molecule has 0 saturated carbocycles. The van der Waals surface area contributed by atoms with Crippen molar-refractivity contribution < 1.29 is 62.4 Å². The Morgan fingerprint density at radius 3 is 1.89 bits per heavy atom. The van der Waals surface area contributed by atoms with Crippen LogP contribution in [0.25, 0.3) is 0 Å². The van der Waals surface area contributed by atoms with Gasteiger partial charge in [-0.2, -0.15) is 0 Å². The summed E-state index contributed by atoms with van der Waals surface area (Å²) in [7, 11) is 0. The summed E-state index contributed by atoms with van der Waals surface area (Å²) in [5.41, 5.74) is 0. The number of amides is 11. The minimum atomic E-state index is -1.18. The first-order chi connectivity index (χ1) is 29.3. The van der Waals surface area contributed by atoms with Crippen molar-refractivity contribution in [2.45, 2.75) is 123 Å². The molecular formula is C40H59N9O13. The van der Waals surface area contributed by atoms with E-state index in [0.29, 0.717) is 37.2 Å². The average molecular weight is 874 g/mol. The maximum atomic E-state index is 13.5. The van der Waals surface area contributed by atoms with E-state index in [4.69, 9.17) is 4.84 Å². The second-order valence-corrected chi connectivity index (χ2v) is 16.1. The van der Waals surface area contributed by atoms with E-state index in [1.54, 1.807) is 13.8 Å². The van der Waals surface area contributed by atoms with Gasteiger partial charge in [-0.25, -0.2) is 4.79 Å². The molecule has 0 aromatic carbocycles. The van der Waals surface area contributed by atoms with Crippen molar-refractivity contribution in [3.8, 4) is 0 Å². The fraction of sp³-hybridized carbons (Fsp3) is 0.650. The maximum absolute atomic E-state index is 13.5. The van der Waals surface area contributed by atoms with Crippen molar-refractivity contribution in [1.29, 1.82) is 0 Å². The van der Waals surface area contributed by atoms with Gasteiger partial charge in [-0.3, -0.25) is 57.6 Å². The number of hydrogen-bond donors (Lipinski definition) is 6. The van der Waals surface area contributed by atoms with Crippen LogP contribution in [0.4, 0.5) is 0 Å². The van der Waals surface area contributed by atoms with Gasteiger partial charge in [-0.1, -0.05) is 34.1 Å². The Bertz CT molecular complexity index is 1750. The van der Waals surface area contributed by atoms with Crippen LogP contribution < -0.4 is 31.9 Å². The van der Waals surface area contributed by atoms with Gasteiger partial charge in [-0.05, 0) is 57.3 Å². The van der Waals surface area contributed by atoms with Gasteiger partial charge >= 0.3 is 5.97 Å². The summed E-state index contributed by atoms with van der Waals surface area (Å²) >= 11 is 0. The van der Waals surface area contributed by atoms with Crippen LogP contribution in [0.3, 0.4) is 0 Å². The number of hydrogen-bond acceptors (Lipinski definition) is 13. The molecule has 0 bridgehead atoms. The number of likely N-dealkylation sites (tertiary alicyclic amines) is 1. The molecule has 3 heterocycles. The van der Waals surface area contributed by atoms with Crippen LogP contribution in [0.15, 0.2) is 12.2 Å². The van der Waals surface area contributed by atoms with Gasteiger partial charge in [0.05, 0.1) is 13.1 Å². The molecule has 11 amide bonds. The standard InChI is InChI=1S/C40H59N9O13/c1-23(2)18-26(46-40(61)28-10-9-17-47(28)35(56)21-41-29(50)11-7-6-8-16-48-31(52)12-13-32(48)53)38(59)42-20-30(51)45-27(19-24(3)4)39(60)44-25(5)37(58)43-22-36(57)62-49-33(54)14-15-34(49)55/h12-13,23-28H,6-11,14-22H2,1-5H3,(H,41,50)(H,42,59)(H,43,58)(H,44,60)(H,45,51)(H,46,61)/t25-,26-,27-,28-/m0/s1. The van der Waals surface area contributed by atoms with Crippen molar-refractivity contribution in [1.82, 2.24) is 46.8 Å². The Hall–Kier alpha value is -6.22. The number of carbonyl (C=O) groups is 12. The Kier molecular flexibility index (Phi) is 19.6. The predicted molar refractivity (Wildman–Crippen MR) is 216 cm³/mol. The van der Waals surface area contributed by atoms with Crippen LogP contribution >= 0.6 is 0 Å². The number of carbonyl (C=O) groups excluding carboxylic acids is 12. The van der Waals surface area contributed by atoms with Crippen LogP contribution in [0.1, 0.15) is 98.8 Å². The summed E-state index contributed by atoms with van der Waals surface area (Å²) < 4.78 is 0. The van der Waals surface area contributed by atoms with Crippen LogP contribution in [0, 0.1) is 11.8 Å². The minimum Gasteiger partial charge on any atom is -0.347 e. The lowest BCUT2D eigenvalue weighted by Gasteiger charge is -2.27. The Morgan fingerprint density at radius 2 is 1.27 bits per heavy atom. The molecule has 0 aromatic rings. The van der Waals surface area contributed by atoms with E-state index in [2.05, 4.69) is 31.9 Å². The minimum absolute atomic E-state index is 0.0685. The Balaban J connectivity index is 1.45. The monoisotopic (exact) mass is 873 g/mol. The highest BCUT2D eigenvalue weighted by Crippen LogP contribution is 2.19. The number of nitrogens with zero attached hydrogens (tertiary/aromatic N) is 3. The van der Waals surface area contributed by atoms with Gasteiger partial charge < -0.3 is 41.6 Å². The van der Waals surface area contributed by atoms with Crippen LogP contribution in [0.2, 0.25) is 0 Å². The van der Waals surface area contributed by atoms with E-state index in [0.717, 1.165) is 4.90 Å². The zero-order valence-corrected chi connectivity index (χ0v) is 35.9. The molecular weight excluding hydrogens is 814 g/mol. The summed E-state index contributed by atoms with van der Waals surface area (Å²) in [6, 6.07) is -4.28. The normalized spacial score (nSPS) is 17.5. The van der Waals surface area contributed by atoms with Gasteiger partial charge in [0.2, 0.25) is 41.4 Å². The molecule has 0 aromatic heterocycles. The molecule has 0 aliphatic carbocycles. The molecule has 3 rings (SSSR count). The van der Waals surface area contributed by atoms with Crippen LogP contribution in [0.5, 0.6) is 0 Å². The quantitative estimate of drug-likeness (QED) is 0.0452. The lowest BCUT2D eigenvalue weighted by atomic mass is 10.0. The molecule has 342 valence electrons. The summed E-state index contributed by atoms with van der Waals surface area (Å²) in [5.74, 6) is -7.68. The summed E-state index contributed by atoms with van der Waals surface area (Å²) in [4.78, 5) is 157. The summed E-state index contributed by atoms with van der Waals surface area (Å²) in [6.07, 6.45) is 5.14. The highest BCUT2D eigenvalue weighted by Gasteiger charge is 2.37. The third kappa shape index (κ3) is 16.0. The SMILES string of the molecule is CC(C)C[C@H](NC(=O)CNC(=O)[C@H](CC(C)C)NC(=O)[C@@H]1CCCN1C(=O)CNC(=O)CCCCCN1C(=O)C=CC1=O)C(=O)N[C@@H](C)C(=O)NCC(=O)ON1C(=O)CCC1=O. The zero-order valence-electron chi connectivity index (χ0n) is 35.9. The largest absolute Gasteiger partial charge is 0.352 e. The van der Waals surface area contributed by atoms with Crippen molar-refractivity contribution in [3.63, 3.8) is 0 Å². The average Bonchev–Trinajstić information content (AvgIpc) is 3.92. The van der Waals surface area contributed by atoms with Gasteiger partial charge in [0, 0.05) is 44.5 Å². The van der Waals surface area contributed by atoms with Crippen LogP contribution in [-0.4, -0.2) is 143 Å². The first kappa shape index (κ1) is 50.1. The molecule has 62 heavy (non-hydrogen) atoms. The molecule has 0 unspecified atom stereocenters. The fourth-order valence-electron chi connectivity index (χ4n) is 6.78.